The van der Waals surface area contributed by atoms with Gasteiger partial charge >= 0.3 is 0 Å². The number of alkyl halides is 1. The first-order chi connectivity index (χ1) is 7.57. The lowest BCUT2D eigenvalue weighted by Gasteiger charge is -2.21. The van der Waals surface area contributed by atoms with E-state index in [4.69, 9.17) is 0 Å². The number of para-hydroxylation sites is 1. The number of carbonyl (C=O) groups excluding carboxylic acids is 1. The smallest absolute Gasteiger partial charge is 0.233 e. The lowest BCUT2D eigenvalue weighted by Crippen LogP contribution is -2.31. The molecule has 0 bridgehead atoms. The van der Waals surface area contributed by atoms with E-state index in [2.05, 4.69) is 15.9 Å². The van der Waals surface area contributed by atoms with E-state index in [9.17, 15) is 4.79 Å². The molecule has 1 aromatic rings. The van der Waals surface area contributed by atoms with Gasteiger partial charge in [-0.05, 0) is 12.1 Å². The van der Waals surface area contributed by atoms with E-state index in [1.165, 1.54) is 0 Å². The summed E-state index contributed by atoms with van der Waals surface area (Å²) in [5.41, 5.74) is 0.739. The van der Waals surface area contributed by atoms with Gasteiger partial charge in [-0.3, -0.25) is 4.79 Å². The molecule has 1 saturated heterocycles. The van der Waals surface area contributed by atoms with Crippen LogP contribution in [0, 0.1) is 11.3 Å². The van der Waals surface area contributed by atoms with Gasteiger partial charge in [0.15, 0.2) is 0 Å². The van der Waals surface area contributed by atoms with Crippen LogP contribution in [0.4, 0.5) is 5.69 Å². The van der Waals surface area contributed by atoms with Crippen molar-refractivity contribution in [3.05, 3.63) is 30.3 Å². The third-order valence-corrected chi connectivity index (χ3v) is 4.26. The molecule has 1 heterocycles. The molecule has 1 fully saturated rings. The average Bonchev–Trinajstić information content (AvgIpc) is 2.52. The highest BCUT2D eigenvalue weighted by molar-refractivity contribution is 9.09. The number of benzene rings is 1. The summed E-state index contributed by atoms with van der Waals surface area (Å²) < 4.78 is 0. The second kappa shape index (κ2) is 4.21. The van der Waals surface area contributed by atoms with E-state index < -0.39 is 0 Å². The van der Waals surface area contributed by atoms with Gasteiger partial charge < -0.3 is 4.90 Å². The number of halogens is 1. The monoisotopic (exact) mass is 281 g/mol. The van der Waals surface area contributed by atoms with Gasteiger partial charge in [-0.1, -0.05) is 48.0 Å². The van der Waals surface area contributed by atoms with Crippen molar-refractivity contribution >= 4 is 27.5 Å². The number of nitrogens with zero attached hydrogens (tertiary/aromatic N) is 1. The van der Waals surface area contributed by atoms with Crippen LogP contribution in [0.25, 0.3) is 0 Å². The molecule has 0 aromatic heterocycles. The lowest BCUT2D eigenvalue weighted by molar-refractivity contribution is -0.124. The minimum atomic E-state index is -0.265. The summed E-state index contributed by atoms with van der Waals surface area (Å²) in [7, 11) is 0. The fraction of sp³-hybridized carbons (Fsp3) is 0.462. The molecule has 0 saturated carbocycles. The van der Waals surface area contributed by atoms with Crippen LogP contribution in [-0.4, -0.2) is 17.8 Å². The van der Waals surface area contributed by atoms with Crippen molar-refractivity contribution in [1.29, 1.82) is 0 Å². The number of hydrogen-bond donors (Lipinski definition) is 0. The molecule has 1 aliphatic heterocycles. The Bertz CT molecular complexity index is 388. The number of rotatable bonds is 2. The van der Waals surface area contributed by atoms with Crippen LogP contribution >= 0.6 is 15.9 Å². The van der Waals surface area contributed by atoms with E-state index in [1.54, 1.807) is 0 Å². The zero-order valence-electron chi connectivity index (χ0n) is 9.61. The summed E-state index contributed by atoms with van der Waals surface area (Å²) in [5.74, 6) is 0.600. The molecule has 1 aromatic carbocycles. The number of carbonyl (C=O) groups is 1. The largest absolute Gasteiger partial charge is 0.312 e. The molecule has 1 atom stereocenters. The van der Waals surface area contributed by atoms with Crippen molar-refractivity contribution in [2.24, 2.45) is 11.3 Å². The third kappa shape index (κ3) is 1.77. The first-order valence-corrected chi connectivity index (χ1v) is 6.62. The zero-order valence-corrected chi connectivity index (χ0v) is 11.2. The van der Waals surface area contributed by atoms with Gasteiger partial charge in [-0.25, -0.2) is 0 Å². The summed E-state index contributed by atoms with van der Waals surface area (Å²) in [5, 5.41) is 0.870. The van der Waals surface area contributed by atoms with Crippen LogP contribution < -0.4 is 4.90 Å². The Morgan fingerprint density at radius 1 is 1.38 bits per heavy atom. The summed E-state index contributed by atoms with van der Waals surface area (Å²) in [6.45, 7) is 4.87. The van der Waals surface area contributed by atoms with Crippen molar-refractivity contribution < 1.29 is 4.79 Å². The first kappa shape index (κ1) is 11.6. The SMILES string of the molecule is CC1(C)C(=O)N(c2ccccc2)CC1CBr. The normalized spacial score (nSPS) is 23.8. The Balaban J connectivity index is 2.30. The predicted molar refractivity (Wildman–Crippen MR) is 69.9 cm³/mol. The standard InChI is InChI=1S/C13H16BrNO/c1-13(2)10(8-14)9-15(12(13)16)11-6-4-3-5-7-11/h3-7,10H,8-9H2,1-2H3. The second-order valence-electron chi connectivity index (χ2n) is 4.82. The molecule has 0 spiro atoms. The molecule has 2 rings (SSSR count). The average molecular weight is 282 g/mol. The zero-order chi connectivity index (χ0) is 11.8. The van der Waals surface area contributed by atoms with E-state index in [0.29, 0.717) is 5.92 Å². The van der Waals surface area contributed by atoms with Gasteiger partial charge in [0.2, 0.25) is 5.91 Å². The van der Waals surface area contributed by atoms with Crippen molar-refractivity contribution in [2.45, 2.75) is 13.8 Å². The highest BCUT2D eigenvalue weighted by atomic mass is 79.9. The van der Waals surface area contributed by atoms with Crippen LogP contribution in [0.15, 0.2) is 30.3 Å². The number of anilines is 1. The topological polar surface area (TPSA) is 20.3 Å². The molecule has 2 nitrogen and oxygen atoms in total. The molecule has 0 aliphatic carbocycles. The van der Waals surface area contributed by atoms with Crippen LogP contribution in [-0.2, 0) is 4.79 Å². The van der Waals surface area contributed by atoms with Gasteiger partial charge in [-0.15, -0.1) is 0 Å². The van der Waals surface area contributed by atoms with Crippen molar-refractivity contribution in [3.63, 3.8) is 0 Å². The van der Waals surface area contributed by atoms with Gasteiger partial charge in [0.1, 0.15) is 0 Å². The first-order valence-electron chi connectivity index (χ1n) is 5.50. The molecule has 1 unspecified atom stereocenters. The van der Waals surface area contributed by atoms with Gasteiger partial charge in [0, 0.05) is 28.9 Å². The summed E-state index contributed by atoms with van der Waals surface area (Å²) in [6, 6.07) is 9.89. The molecule has 0 N–H and O–H groups in total. The van der Waals surface area contributed by atoms with Gasteiger partial charge in [0.05, 0.1) is 0 Å². The van der Waals surface area contributed by atoms with Crippen LogP contribution in [0.1, 0.15) is 13.8 Å². The maximum atomic E-state index is 12.3. The number of hydrogen-bond acceptors (Lipinski definition) is 1. The molecule has 16 heavy (non-hydrogen) atoms. The van der Waals surface area contributed by atoms with Crippen molar-refractivity contribution in [1.82, 2.24) is 0 Å². The Morgan fingerprint density at radius 2 is 2.00 bits per heavy atom. The Kier molecular flexibility index (Phi) is 3.06. The minimum Gasteiger partial charge on any atom is -0.312 e. The highest BCUT2D eigenvalue weighted by Crippen LogP contribution is 2.39. The molecule has 86 valence electrons. The van der Waals surface area contributed by atoms with Gasteiger partial charge in [0.25, 0.3) is 0 Å². The molecule has 1 aliphatic rings. The highest BCUT2D eigenvalue weighted by Gasteiger charge is 2.46. The van der Waals surface area contributed by atoms with Crippen LogP contribution in [0.3, 0.4) is 0 Å². The Hall–Kier alpha value is -0.830. The number of amides is 1. The second-order valence-corrected chi connectivity index (χ2v) is 5.47. The van der Waals surface area contributed by atoms with E-state index in [1.807, 2.05) is 49.1 Å². The molecule has 3 heteroatoms. The summed E-state index contributed by atoms with van der Waals surface area (Å²) in [6.07, 6.45) is 0. The maximum Gasteiger partial charge on any atom is 0.233 e. The van der Waals surface area contributed by atoms with Gasteiger partial charge in [-0.2, -0.15) is 0 Å². The fourth-order valence-electron chi connectivity index (χ4n) is 2.13. The Morgan fingerprint density at radius 3 is 2.50 bits per heavy atom. The fourth-order valence-corrected chi connectivity index (χ4v) is 3.14. The van der Waals surface area contributed by atoms with Crippen LogP contribution in [0.2, 0.25) is 0 Å². The minimum absolute atomic E-state index is 0.225. The van der Waals surface area contributed by atoms with Crippen molar-refractivity contribution in [3.8, 4) is 0 Å². The van der Waals surface area contributed by atoms with E-state index >= 15 is 0 Å². The summed E-state index contributed by atoms with van der Waals surface area (Å²) in [4.78, 5) is 14.2. The van der Waals surface area contributed by atoms with E-state index in [-0.39, 0.29) is 11.3 Å². The molecular formula is C13H16BrNO. The molecular weight excluding hydrogens is 266 g/mol. The summed E-state index contributed by atoms with van der Waals surface area (Å²) >= 11 is 3.50. The quantitative estimate of drug-likeness (QED) is 0.763. The lowest BCUT2D eigenvalue weighted by atomic mass is 9.83. The maximum absolute atomic E-state index is 12.3. The van der Waals surface area contributed by atoms with Crippen LogP contribution in [0.5, 0.6) is 0 Å². The van der Waals surface area contributed by atoms with E-state index in [0.717, 1.165) is 17.6 Å². The molecule has 1 amide bonds. The Labute approximate surface area is 105 Å². The van der Waals surface area contributed by atoms with Crippen molar-refractivity contribution in [2.75, 3.05) is 16.8 Å². The molecule has 0 radical (unpaired) electrons. The predicted octanol–water partition coefficient (Wildman–Crippen LogP) is 3.07. The third-order valence-electron chi connectivity index (χ3n) is 3.47.